The number of nitrogens with zero attached hydrogens (tertiary/aromatic N) is 1. The lowest BCUT2D eigenvalue weighted by Gasteiger charge is -2.17. The van der Waals surface area contributed by atoms with E-state index in [0.717, 1.165) is 18.4 Å². The SMILES string of the molecule is Cc1cccc(NS(=O)(=O)C2CCCC2)c1/C(N)=N/O. The molecule has 7 heteroatoms. The lowest BCUT2D eigenvalue weighted by molar-refractivity contribution is 0.318. The molecule has 0 spiro atoms. The number of nitrogens with one attached hydrogen (secondary N) is 1. The number of rotatable bonds is 4. The van der Waals surface area contributed by atoms with E-state index in [1.54, 1.807) is 25.1 Å². The Hall–Kier alpha value is -1.76. The molecule has 4 N–H and O–H groups in total. The Morgan fingerprint density at radius 2 is 2.05 bits per heavy atom. The maximum Gasteiger partial charge on any atom is 0.235 e. The first-order valence-corrected chi connectivity index (χ1v) is 8.09. The highest BCUT2D eigenvalue weighted by molar-refractivity contribution is 7.93. The van der Waals surface area contributed by atoms with Crippen molar-refractivity contribution in [3.8, 4) is 0 Å². The van der Waals surface area contributed by atoms with E-state index < -0.39 is 10.0 Å². The number of hydrogen-bond acceptors (Lipinski definition) is 4. The molecule has 0 aromatic heterocycles. The highest BCUT2D eigenvalue weighted by atomic mass is 32.2. The minimum atomic E-state index is -3.44. The van der Waals surface area contributed by atoms with Crippen LogP contribution in [0.2, 0.25) is 0 Å². The monoisotopic (exact) mass is 297 g/mol. The largest absolute Gasteiger partial charge is 0.409 e. The molecule has 20 heavy (non-hydrogen) atoms. The van der Waals surface area contributed by atoms with Crippen molar-refractivity contribution in [2.75, 3.05) is 4.72 Å². The quantitative estimate of drug-likeness (QED) is 0.341. The lowest BCUT2D eigenvalue weighted by Crippen LogP contribution is -2.27. The van der Waals surface area contributed by atoms with Gasteiger partial charge in [-0.25, -0.2) is 8.42 Å². The summed E-state index contributed by atoms with van der Waals surface area (Å²) < 4.78 is 27.2. The molecule has 0 heterocycles. The summed E-state index contributed by atoms with van der Waals surface area (Å²) in [5.41, 5.74) is 7.14. The topological polar surface area (TPSA) is 105 Å². The first-order chi connectivity index (χ1) is 9.45. The maximum atomic E-state index is 12.3. The van der Waals surface area contributed by atoms with Gasteiger partial charge >= 0.3 is 0 Å². The van der Waals surface area contributed by atoms with E-state index in [1.165, 1.54) is 0 Å². The first kappa shape index (κ1) is 14.6. The molecule has 2 rings (SSSR count). The standard InChI is InChI=1S/C13H19N3O3S/c1-9-5-4-8-11(12(9)13(14)15-17)16-20(18,19)10-6-2-3-7-10/h4-5,8,10,16-17H,2-3,6-7H2,1H3,(H2,14,15). The van der Waals surface area contributed by atoms with Gasteiger partial charge in [-0.05, 0) is 31.4 Å². The molecular formula is C13H19N3O3S. The van der Waals surface area contributed by atoms with Gasteiger partial charge in [0, 0.05) is 5.56 Å². The number of nitrogens with two attached hydrogens (primary N) is 1. The minimum absolute atomic E-state index is 0.104. The van der Waals surface area contributed by atoms with E-state index in [-0.39, 0.29) is 11.1 Å². The highest BCUT2D eigenvalue weighted by Gasteiger charge is 2.29. The molecule has 0 bridgehead atoms. The van der Waals surface area contributed by atoms with Crippen molar-refractivity contribution in [1.29, 1.82) is 0 Å². The lowest BCUT2D eigenvalue weighted by atomic mass is 10.1. The molecule has 1 saturated carbocycles. The molecule has 110 valence electrons. The third-order valence-corrected chi connectivity index (χ3v) is 5.48. The predicted molar refractivity (Wildman–Crippen MR) is 78.5 cm³/mol. The first-order valence-electron chi connectivity index (χ1n) is 6.55. The van der Waals surface area contributed by atoms with E-state index in [1.807, 2.05) is 0 Å². The van der Waals surface area contributed by atoms with Crippen LogP contribution in [-0.4, -0.2) is 24.7 Å². The van der Waals surface area contributed by atoms with Crippen molar-refractivity contribution in [3.63, 3.8) is 0 Å². The van der Waals surface area contributed by atoms with E-state index in [0.29, 0.717) is 24.1 Å². The van der Waals surface area contributed by atoms with Crippen LogP contribution in [0.4, 0.5) is 5.69 Å². The average Bonchev–Trinajstić information content (AvgIpc) is 2.92. The highest BCUT2D eigenvalue weighted by Crippen LogP contribution is 2.28. The van der Waals surface area contributed by atoms with Gasteiger partial charge in [-0.2, -0.15) is 0 Å². The van der Waals surface area contributed by atoms with E-state index >= 15 is 0 Å². The van der Waals surface area contributed by atoms with Crippen molar-refractivity contribution in [3.05, 3.63) is 29.3 Å². The van der Waals surface area contributed by atoms with Gasteiger partial charge in [0.1, 0.15) is 0 Å². The zero-order chi connectivity index (χ0) is 14.8. The van der Waals surface area contributed by atoms with Crippen LogP contribution in [0, 0.1) is 6.92 Å². The summed E-state index contributed by atoms with van der Waals surface area (Å²) in [6, 6.07) is 5.13. The molecule has 1 aromatic rings. The van der Waals surface area contributed by atoms with Crippen LogP contribution in [0.25, 0.3) is 0 Å². The predicted octanol–water partition coefficient (Wildman–Crippen LogP) is 1.77. The molecule has 0 unspecified atom stereocenters. The summed E-state index contributed by atoms with van der Waals surface area (Å²) in [4.78, 5) is 0. The molecule has 0 atom stereocenters. The van der Waals surface area contributed by atoms with Crippen molar-refractivity contribution in [2.45, 2.75) is 37.9 Å². The number of anilines is 1. The van der Waals surface area contributed by atoms with Crippen LogP contribution < -0.4 is 10.5 Å². The van der Waals surface area contributed by atoms with Crippen LogP contribution in [0.1, 0.15) is 36.8 Å². The summed E-state index contributed by atoms with van der Waals surface area (Å²) in [5, 5.41) is 11.4. The Morgan fingerprint density at radius 3 is 2.65 bits per heavy atom. The molecule has 1 aliphatic rings. The molecule has 1 aromatic carbocycles. The average molecular weight is 297 g/mol. The summed E-state index contributed by atoms with van der Waals surface area (Å²) in [5.74, 6) is -0.104. The van der Waals surface area contributed by atoms with Crippen LogP contribution in [0.3, 0.4) is 0 Å². The Labute approximate surface area is 118 Å². The van der Waals surface area contributed by atoms with Crippen molar-refractivity contribution in [2.24, 2.45) is 10.9 Å². The Kier molecular flexibility index (Phi) is 4.17. The second kappa shape index (κ2) is 5.70. The van der Waals surface area contributed by atoms with Gasteiger partial charge in [-0.3, -0.25) is 4.72 Å². The molecule has 0 radical (unpaired) electrons. The summed E-state index contributed by atoms with van der Waals surface area (Å²) in [7, 11) is -3.44. The molecule has 1 aliphatic carbocycles. The molecular weight excluding hydrogens is 278 g/mol. The number of oxime groups is 1. The number of benzene rings is 1. The zero-order valence-corrected chi connectivity index (χ0v) is 12.2. The number of aryl methyl sites for hydroxylation is 1. The van der Waals surface area contributed by atoms with Gasteiger partial charge in [0.05, 0.1) is 10.9 Å². The second-order valence-electron chi connectivity index (χ2n) is 5.04. The van der Waals surface area contributed by atoms with E-state index in [2.05, 4.69) is 9.88 Å². The second-order valence-corrected chi connectivity index (χ2v) is 7.00. The Bertz CT molecular complexity index is 620. The fourth-order valence-electron chi connectivity index (χ4n) is 2.58. The smallest absolute Gasteiger partial charge is 0.235 e. The van der Waals surface area contributed by atoms with Gasteiger partial charge in [0.15, 0.2) is 5.84 Å². The molecule has 0 aliphatic heterocycles. The summed E-state index contributed by atoms with van der Waals surface area (Å²) in [6.07, 6.45) is 3.24. The number of amidine groups is 1. The summed E-state index contributed by atoms with van der Waals surface area (Å²) in [6.45, 7) is 1.78. The van der Waals surface area contributed by atoms with Crippen LogP contribution in [0.5, 0.6) is 0 Å². The molecule has 0 amide bonds. The van der Waals surface area contributed by atoms with E-state index in [4.69, 9.17) is 10.9 Å². The minimum Gasteiger partial charge on any atom is -0.409 e. The fourth-order valence-corrected chi connectivity index (χ4v) is 4.18. The zero-order valence-electron chi connectivity index (χ0n) is 11.3. The molecule has 1 fully saturated rings. The normalized spacial score (nSPS) is 17.4. The van der Waals surface area contributed by atoms with Crippen LogP contribution in [0.15, 0.2) is 23.4 Å². The molecule has 6 nitrogen and oxygen atoms in total. The third kappa shape index (κ3) is 2.87. The molecule has 0 saturated heterocycles. The van der Waals surface area contributed by atoms with Crippen molar-refractivity contribution < 1.29 is 13.6 Å². The van der Waals surface area contributed by atoms with Gasteiger partial charge in [0.2, 0.25) is 10.0 Å². The van der Waals surface area contributed by atoms with Crippen molar-refractivity contribution >= 4 is 21.5 Å². The summed E-state index contributed by atoms with van der Waals surface area (Å²) >= 11 is 0. The van der Waals surface area contributed by atoms with Gasteiger partial charge in [-0.1, -0.05) is 30.1 Å². The van der Waals surface area contributed by atoms with Crippen molar-refractivity contribution in [1.82, 2.24) is 0 Å². The number of hydrogen-bond donors (Lipinski definition) is 3. The van der Waals surface area contributed by atoms with E-state index in [9.17, 15) is 8.42 Å². The third-order valence-electron chi connectivity index (χ3n) is 3.63. The van der Waals surface area contributed by atoms with Gasteiger partial charge in [-0.15, -0.1) is 0 Å². The fraction of sp³-hybridized carbons (Fsp3) is 0.462. The van der Waals surface area contributed by atoms with Gasteiger partial charge in [0.25, 0.3) is 0 Å². The maximum absolute atomic E-state index is 12.3. The van der Waals surface area contributed by atoms with Crippen LogP contribution in [-0.2, 0) is 10.0 Å². The van der Waals surface area contributed by atoms with Crippen LogP contribution >= 0.6 is 0 Å². The Morgan fingerprint density at radius 1 is 1.40 bits per heavy atom. The number of sulfonamides is 1. The van der Waals surface area contributed by atoms with Gasteiger partial charge < -0.3 is 10.9 Å². The Balaban J connectivity index is 2.36.